The molecule has 9 nitrogen and oxygen atoms in total. The van der Waals surface area contributed by atoms with Crippen molar-refractivity contribution in [1.82, 2.24) is 14.7 Å². The summed E-state index contributed by atoms with van der Waals surface area (Å²) >= 11 is 0. The molecule has 1 fully saturated rings. The van der Waals surface area contributed by atoms with Crippen LogP contribution in [0.4, 0.5) is 16.3 Å². The summed E-state index contributed by atoms with van der Waals surface area (Å²) in [5.41, 5.74) is 3.45. The number of amides is 2. The van der Waals surface area contributed by atoms with Gasteiger partial charge in [-0.1, -0.05) is 6.07 Å². The van der Waals surface area contributed by atoms with Gasteiger partial charge in [-0.15, -0.1) is 5.10 Å². The van der Waals surface area contributed by atoms with Crippen molar-refractivity contribution in [3.63, 3.8) is 0 Å². The lowest BCUT2D eigenvalue weighted by atomic mass is 10.1. The fourth-order valence-electron chi connectivity index (χ4n) is 3.87. The number of aromatic nitrogens is 2. The number of piperazine rings is 1. The molecule has 0 spiro atoms. The van der Waals surface area contributed by atoms with Crippen molar-refractivity contribution >= 4 is 17.5 Å². The van der Waals surface area contributed by atoms with E-state index in [9.17, 15) is 9.59 Å². The van der Waals surface area contributed by atoms with Crippen LogP contribution in [-0.2, 0) is 0 Å². The molecular weight excluding hydrogens is 434 g/mol. The Balaban J connectivity index is 1.42. The maximum absolute atomic E-state index is 12.8. The van der Waals surface area contributed by atoms with Crippen molar-refractivity contribution in [2.75, 3.05) is 50.6 Å². The van der Waals surface area contributed by atoms with E-state index in [4.69, 9.17) is 9.47 Å². The zero-order valence-electron chi connectivity index (χ0n) is 19.9. The molecule has 1 N–H and O–H groups in total. The Morgan fingerprint density at radius 2 is 1.62 bits per heavy atom. The number of hydrogen-bond donors (Lipinski definition) is 1. The van der Waals surface area contributed by atoms with E-state index in [1.165, 1.54) is 10.7 Å². The summed E-state index contributed by atoms with van der Waals surface area (Å²) in [6.07, 6.45) is 0. The molecule has 4 rings (SSSR count). The summed E-state index contributed by atoms with van der Waals surface area (Å²) in [4.78, 5) is 29.1. The van der Waals surface area contributed by atoms with Crippen LogP contribution in [0.3, 0.4) is 0 Å². The summed E-state index contributed by atoms with van der Waals surface area (Å²) in [5.74, 6) is 1.86. The van der Waals surface area contributed by atoms with Crippen LogP contribution in [-0.4, -0.2) is 61.1 Å². The molecule has 0 unspecified atom stereocenters. The van der Waals surface area contributed by atoms with E-state index in [0.717, 1.165) is 16.8 Å². The molecule has 2 amide bonds. The number of hydrogen-bond acceptors (Lipinski definition) is 6. The molecule has 2 aromatic carbocycles. The highest BCUT2D eigenvalue weighted by molar-refractivity contribution is 5.90. The smallest absolute Gasteiger partial charge is 0.321 e. The van der Waals surface area contributed by atoms with Gasteiger partial charge in [0.1, 0.15) is 5.82 Å². The standard InChI is InChI=1S/C25H29N5O4/c1-17-5-7-20(15-18(17)2)30-24(31)10-9-23(27-30)28-11-13-29(14-12-28)25(32)26-19-6-8-21(33-3)22(16-19)34-4/h5-10,15-16H,11-14H2,1-4H3,(H,26,32). The summed E-state index contributed by atoms with van der Waals surface area (Å²) in [6, 6.07) is 14.2. The van der Waals surface area contributed by atoms with Crippen LogP contribution in [0.15, 0.2) is 53.3 Å². The summed E-state index contributed by atoms with van der Waals surface area (Å²) in [6.45, 7) is 6.33. The van der Waals surface area contributed by atoms with Gasteiger partial charge in [-0.05, 0) is 55.3 Å². The Kier molecular flexibility index (Phi) is 6.72. The lowest BCUT2D eigenvalue weighted by molar-refractivity contribution is 0.208. The van der Waals surface area contributed by atoms with E-state index in [1.54, 1.807) is 43.4 Å². The van der Waals surface area contributed by atoms with Crippen LogP contribution in [0.2, 0.25) is 0 Å². The van der Waals surface area contributed by atoms with Crippen LogP contribution in [0, 0.1) is 13.8 Å². The van der Waals surface area contributed by atoms with E-state index in [1.807, 2.05) is 32.0 Å². The van der Waals surface area contributed by atoms with Gasteiger partial charge >= 0.3 is 6.03 Å². The predicted molar refractivity (Wildman–Crippen MR) is 132 cm³/mol. The molecule has 1 aliphatic heterocycles. The minimum atomic E-state index is -0.181. The van der Waals surface area contributed by atoms with Crippen LogP contribution in [0.25, 0.3) is 5.69 Å². The van der Waals surface area contributed by atoms with E-state index in [-0.39, 0.29) is 11.6 Å². The lowest BCUT2D eigenvalue weighted by Crippen LogP contribution is -2.50. The van der Waals surface area contributed by atoms with Crippen LogP contribution in [0.1, 0.15) is 11.1 Å². The number of anilines is 2. The van der Waals surface area contributed by atoms with Crippen molar-refractivity contribution in [3.8, 4) is 17.2 Å². The molecule has 0 atom stereocenters. The summed E-state index contributed by atoms with van der Waals surface area (Å²) < 4.78 is 12.0. The third-order valence-electron chi connectivity index (χ3n) is 6.05. The molecule has 9 heteroatoms. The Hall–Kier alpha value is -4.01. The van der Waals surface area contributed by atoms with Crippen molar-refractivity contribution in [2.24, 2.45) is 0 Å². The highest BCUT2D eigenvalue weighted by Crippen LogP contribution is 2.30. The maximum Gasteiger partial charge on any atom is 0.321 e. The van der Waals surface area contributed by atoms with E-state index < -0.39 is 0 Å². The lowest BCUT2D eigenvalue weighted by Gasteiger charge is -2.35. The number of carbonyl (C=O) groups excluding carboxylic acids is 1. The van der Waals surface area contributed by atoms with Crippen molar-refractivity contribution in [2.45, 2.75) is 13.8 Å². The van der Waals surface area contributed by atoms with Gasteiger partial charge in [0.05, 0.1) is 19.9 Å². The number of ether oxygens (including phenoxy) is 2. The van der Waals surface area contributed by atoms with Gasteiger partial charge in [-0.2, -0.15) is 4.68 Å². The highest BCUT2D eigenvalue weighted by Gasteiger charge is 2.23. The SMILES string of the molecule is COc1ccc(NC(=O)N2CCN(c3ccc(=O)n(-c4ccc(C)c(C)c4)n3)CC2)cc1OC. The number of methoxy groups -OCH3 is 2. The topological polar surface area (TPSA) is 88.9 Å². The normalized spacial score (nSPS) is 13.5. The molecule has 0 bridgehead atoms. The third-order valence-corrected chi connectivity index (χ3v) is 6.05. The molecule has 3 aromatic rings. The van der Waals surface area contributed by atoms with Gasteiger partial charge in [-0.25, -0.2) is 4.79 Å². The molecule has 1 aliphatic rings. The second kappa shape index (κ2) is 9.86. The van der Waals surface area contributed by atoms with Crippen LogP contribution >= 0.6 is 0 Å². The number of nitrogens with one attached hydrogen (secondary N) is 1. The number of rotatable bonds is 5. The molecule has 1 aromatic heterocycles. The van der Waals surface area contributed by atoms with Gasteiger partial charge in [0.2, 0.25) is 0 Å². The first-order valence-corrected chi connectivity index (χ1v) is 11.1. The van der Waals surface area contributed by atoms with Crippen molar-refractivity contribution in [1.29, 1.82) is 0 Å². The summed E-state index contributed by atoms with van der Waals surface area (Å²) in [5, 5.41) is 7.51. The minimum absolute atomic E-state index is 0.181. The van der Waals surface area contributed by atoms with Gasteiger partial charge in [-0.3, -0.25) is 4.79 Å². The Labute approximate surface area is 198 Å². The Morgan fingerprint density at radius 1 is 0.882 bits per heavy atom. The number of nitrogens with zero attached hydrogens (tertiary/aromatic N) is 4. The first kappa shape index (κ1) is 23.2. The summed E-state index contributed by atoms with van der Waals surface area (Å²) in [7, 11) is 3.12. The number of urea groups is 1. The molecular formula is C25H29N5O4. The average Bonchev–Trinajstić information content (AvgIpc) is 2.86. The molecule has 2 heterocycles. The minimum Gasteiger partial charge on any atom is -0.493 e. The zero-order chi connectivity index (χ0) is 24.2. The number of carbonyl (C=O) groups is 1. The quantitative estimate of drug-likeness (QED) is 0.625. The third kappa shape index (κ3) is 4.83. The van der Waals surface area contributed by atoms with E-state index >= 15 is 0 Å². The van der Waals surface area contributed by atoms with Gasteiger partial charge in [0.15, 0.2) is 11.5 Å². The van der Waals surface area contributed by atoms with E-state index in [0.29, 0.717) is 49.2 Å². The first-order valence-electron chi connectivity index (χ1n) is 11.1. The number of aryl methyl sites for hydroxylation is 2. The van der Waals surface area contributed by atoms with Crippen molar-refractivity contribution in [3.05, 3.63) is 70.0 Å². The molecule has 1 saturated heterocycles. The zero-order valence-corrected chi connectivity index (χ0v) is 19.9. The second-order valence-corrected chi connectivity index (χ2v) is 8.18. The van der Waals surface area contributed by atoms with Gasteiger partial charge in [0.25, 0.3) is 5.56 Å². The van der Waals surface area contributed by atoms with Crippen LogP contribution in [0.5, 0.6) is 11.5 Å². The highest BCUT2D eigenvalue weighted by atomic mass is 16.5. The predicted octanol–water partition coefficient (Wildman–Crippen LogP) is 3.22. The Bertz CT molecular complexity index is 1250. The fraction of sp³-hybridized carbons (Fsp3) is 0.320. The van der Waals surface area contributed by atoms with Gasteiger partial charge in [0, 0.05) is 44.0 Å². The number of benzene rings is 2. The van der Waals surface area contributed by atoms with Crippen LogP contribution < -0.4 is 25.2 Å². The molecule has 0 saturated carbocycles. The maximum atomic E-state index is 12.8. The largest absolute Gasteiger partial charge is 0.493 e. The molecule has 178 valence electrons. The molecule has 0 radical (unpaired) electrons. The first-order chi connectivity index (χ1) is 16.4. The molecule has 34 heavy (non-hydrogen) atoms. The second-order valence-electron chi connectivity index (χ2n) is 8.18. The van der Waals surface area contributed by atoms with Gasteiger partial charge < -0.3 is 24.6 Å². The average molecular weight is 464 g/mol. The van der Waals surface area contributed by atoms with E-state index in [2.05, 4.69) is 15.3 Å². The molecule has 0 aliphatic carbocycles. The van der Waals surface area contributed by atoms with Crippen molar-refractivity contribution < 1.29 is 14.3 Å². The fourth-order valence-corrected chi connectivity index (χ4v) is 3.87. The Morgan fingerprint density at radius 3 is 2.29 bits per heavy atom. The monoisotopic (exact) mass is 463 g/mol.